The predicted octanol–water partition coefficient (Wildman–Crippen LogP) is 2.66. The number of piperazine rings is 1. The first-order valence-electron chi connectivity index (χ1n) is 9.01. The molecule has 130 valence electrons. The molecule has 0 radical (unpaired) electrons. The van der Waals surface area contributed by atoms with Crippen LogP contribution in [0.3, 0.4) is 0 Å². The quantitative estimate of drug-likeness (QED) is 0.806. The van der Waals surface area contributed by atoms with Gasteiger partial charge in [-0.05, 0) is 24.5 Å². The summed E-state index contributed by atoms with van der Waals surface area (Å²) in [4.78, 5) is 16.6. The summed E-state index contributed by atoms with van der Waals surface area (Å²) in [7, 11) is 2.02. The van der Waals surface area contributed by atoms with E-state index in [0.717, 1.165) is 31.7 Å². The number of aryl methyl sites for hydroxylation is 1. The second-order valence-electron chi connectivity index (χ2n) is 6.88. The van der Waals surface area contributed by atoms with Crippen LogP contribution < -0.4 is 4.90 Å². The molecule has 2 aliphatic rings. The van der Waals surface area contributed by atoms with Crippen LogP contribution in [0.15, 0.2) is 42.5 Å². The third-order valence-corrected chi connectivity index (χ3v) is 5.00. The molecule has 25 heavy (non-hydrogen) atoms. The molecule has 1 aromatic heterocycles. The summed E-state index contributed by atoms with van der Waals surface area (Å²) in [5.41, 5.74) is 2.28. The first-order valence-corrected chi connectivity index (χ1v) is 9.01. The third-order valence-electron chi connectivity index (χ3n) is 5.00. The molecule has 0 unspecified atom stereocenters. The minimum atomic E-state index is 0.0900. The fourth-order valence-electron chi connectivity index (χ4n) is 3.35. The molecule has 1 aliphatic heterocycles. The van der Waals surface area contributed by atoms with Gasteiger partial charge in [0.25, 0.3) is 0 Å². The van der Waals surface area contributed by atoms with E-state index in [1.165, 1.54) is 24.4 Å². The zero-order valence-electron chi connectivity index (χ0n) is 14.6. The lowest BCUT2D eigenvalue weighted by Gasteiger charge is -2.35. The van der Waals surface area contributed by atoms with Gasteiger partial charge in [-0.3, -0.25) is 9.48 Å². The second kappa shape index (κ2) is 6.75. The molecule has 1 amide bonds. The van der Waals surface area contributed by atoms with Crippen molar-refractivity contribution in [2.75, 3.05) is 31.1 Å². The largest absolute Gasteiger partial charge is 0.353 e. The Morgan fingerprint density at radius 2 is 1.84 bits per heavy atom. The van der Waals surface area contributed by atoms with Gasteiger partial charge in [0.05, 0.1) is 5.69 Å². The van der Waals surface area contributed by atoms with E-state index < -0.39 is 0 Å². The number of benzene rings is 1. The molecule has 5 heteroatoms. The number of anilines is 1. The van der Waals surface area contributed by atoms with Crippen molar-refractivity contribution in [2.24, 2.45) is 7.05 Å². The highest BCUT2D eigenvalue weighted by Crippen LogP contribution is 2.40. The molecule has 2 fully saturated rings. The number of carbonyl (C=O) groups is 1. The predicted molar refractivity (Wildman–Crippen MR) is 99.5 cm³/mol. The highest BCUT2D eigenvalue weighted by Gasteiger charge is 2.29. The fourth-order valence-corrected chi connectivity index (χ4v) is 3.35. The smallest absolute Gasteiger partial charge is 0.246 e. The SMILES string of the molecule is Cn1nc(C2CC2)cc1N1CCN(C(=O)/C=C/c2ccccc2)CC1. The van der Waals surface area contributed by atoms with E-state index in [0.29, 0.717) is 5.92 Å². The maximum Gasteiger partial charge on any atom is 0.246 e. The van der Waals surface area contributed by atoms with E-state index in [9.17, 15) is 4.79 Å². The monoisotopic (exact) mass is 336 g/mol. The van der Waals surface area contributed by atoms with Crippen molar-refractivity contribution in [2.45, 2.75) is 18.8 Å². The zero-order valence-corrected chi connectivity index (χ0v) is 14.6. The molecule has 2 aromatic rings. The van der Waals surface area contributed by atoms with Crippen molar-refractivity contribution in [3.05, 3.63) is 53.7 Å². The van der Waals surface area contributed by atoms with Crippen LogP contribution in [0.2, 0.25) is 0 Å². The van der Waals surface area contributed by atoms with E-state index in [1.54, 1.807) is 6.08 Å². The van der Waals surface area contributed by atoms with E-state index in [2.05, 4.69) is 16.1 Å². The maximum atomic E-state index is 12.4. The summed E-state index contributed by atoms with van der Waals surface area (Å²) >= 11 is 0. The molecule has 1 saturated heterocycles. The molecule has 2 heterocycles. The zero-order chi connectivity index (χ0) is 17.2. The van der Waals surface area contributed by atoms with Crippen LogP contribution in [-0.2, 0) is 11.8 Å². The lowest BCUT2D eigenvalue weighted by Crippen LogP contribution is -2.48. The van der Waals surface area contributed by atoms with Crippen molar-refractivity contribution in [1.82, 2.24) is 14.7 Å². The van der Waals surface area contributed by atoms with Crippen LogP contribution >= 0.6 is 0 Å². The second-order valence-corrected chi connectivity index (χ2v) is 6.88. The Bertz CT molecular complexity index is 768. The van der Waals surface area contributed by atoms with Gasteiger partial charge < -0.3 is 9.80 Å². The molecule has 1 saturated carbocycles. The van der Waals surface area contributed by atoms with Crippen LogP contribution in [0.4, 0.5) is 5.82 Å². The van der Waals surface area contributed by atoms with Crippen molar-refractivity contribution in [3.8, 4) is 0 Å². The topological polar surface area (TPSA) is 41.4 Å². The Labute approximate surface area is 148 Å². The molecule has 1 aliphatic carbocycles. The number of hydrogen-bond acceptors (Lipinski definition) is 3. The number of nitrogens with zero attached hydrogens (tertiary/aromatic N) is 4. The number of amides is 1. The van der Waals surface area contributed by atoms with Crippen LogP contribution in [0.1, 0.15) is 30.0 Å². The highest BCUT2D eigenvalue weighted by molar-refractivity contribution is 5.91. The summed E-state index contributed by atoms with van der Waals surface area (Å²) in [5, 5.41) is 4.65. The minimum Gasteiger partial charge on any atom is -0.353 e. The van der Waals surface area contributed by atoms with Crippen molar-refractivity contribution in [3.63, 3.8) is 0 Å². The van der Waals surface area contributed by atoms with Crippen LogP contribution in [0, 0.1) is 0 Å². The normalized spacial score (nSPS) is 18.1. The van der Waals surface area contributed by atoms with Crippen molar-refractivity contribution < 1.29 is 4.79 Å². The van der Waals surface area contributed by atoms with E-state index in [-0.39, 0.29) is 5.91 Å². The fraction of sp³-hybridized carbons (Fsp3) is 0.400. The summed E-state index contributed by atoms with van der Waals surface area (Å²) in [6.45, 7) is 3.22. The number of aromatic nitrogens is 2. The van der Waals surface area contributed by atoms with Gasteiger partial charge in [-0.25, -0.2) is 0 Å². The average molecular weight is 336 g/mol. The Morgan fingerprint density at radius 1 is 1.12 bits per heavy atom. The van der Waals surface area contributed by atoms with Gasteiger partial charge in [0.2, 0.25) is 5.91 Å². The summed E-state index contributed by atoms with van der Waals surface area (Å²) in [5.74, 6) is 1.94. The number of hydrogen-bond donors (Lipinski definition) is 0. The molecule has 0 bridgehead atoms. The first kappa shape index (κ1) is 15.9. The molecule has 4 rings (SSSR count). The Balaban J connectivity index is 1.35. The molecule has 1 aromatic carbocycles. The van der Waals surface area contributed by atoms with Gasteiger partial charge in [-0.15, -0.1) is 0 Å². The molecule has 0 atom stereocenters. The molecule has 5 nitrogen and oxygen atoms in total. The first-order chi connectivity index (χ1) is 12.2. The minimum absolute atomic E-state index is 0.0900. The average Bonchev–Trinajstić information content (AvgIpc) is 3.43. The van der Waals surface area contributed by atoms with E-state index >= 15 is 0 Å². The standard InChI is InChI=1S/C20H24N4O/c1-22-19(15-18(21-22)17-8-9-17)23-11-13-24(14-12-23)20(25)10-7-16-5-3-2-4-6-16/h2-7,10,15,17H,8-9,11-14H2,1H3/b10-7+. The Hall–Kier alpha value is -2.56. The number of rotatable bonds is 4. The molecular formula is C20H24N4O. The van der Waals surface area contributed by atoms with Gasteiger partial charge >= 0.3 is 0 Å². The summed E-state index contributed by atoms with van der Waals surface area (Å²) in [6.07, 6.45) is 6.11. The summed E-state index contributed by atoms with van der Waals surface area (Å²) < 4.78 is 1.99. The van der Waals surface area contributed by atoms with Gasteiger partial charge in [-0.1, -0.05) is 30.3 Å². The Morgan fingerprint density at radius 3 is 2.52 bits per heavy atom. The third kappa shape index (κ3) is 3.60. The molecule has 0 N–H and O–H groups in total. The van der Waals surface area contributed by atoms with E-state index in [4.69, 9.17) is 0 Å². The van der Waals surface area contributed by atoms with Crippen LogP contribution in [0.25, 0.3) is 6.08 Å². The van der Waals surface area contributed by atoms with Gasteiger partial charge in [-0.2, -0.15) is 5.10 Å². The van der Waals surface area contributed by atoms with Crippen molar-refractivity contribution in [1.29, 1.82) is 0 Å². The van der Waals surface area contributed by atoms with Gasteiger partial charge in [0.1, 0.15) is 5.82 Å². The highest BCUT2D eigenvalue weighted by atomic mass is 16.2. The van der Waals surface area contributed by atoms with Gasteiger partial charge in [0.15, 0.2) is 0 Å². The van der Waals surface area contributed by atoms with E-state index in [1.807, 2.05) is 53.0 Å². The Kier molecular flexibility index (Phi) is 4.30. The van der Waals surface area contributed by atoms with Crippen molar-refractivity contribution >= 4 is 17.8 Å². The maximum absolute atomic E-state index is 12.4. The molecular weight excluding hydrogens is 312 g/mol. The summed E-state index contributed by atoms with van der Waals surface area (Å²) in [6, 6.07) is 12.2. The molecule has 0 spiro atoms. The lowest BCUT2D eigenvalue weighted by atomic mass is 10.2. The van der Waals surface area contributed by atoms with Gasteiger partial charge in [0, 0.05) is 51.3 Å². The number of carbonyl (C=O) groups excluding carboxylic acids is 1. The lowest BCUT2D eigenvalue weighted by molar-refractivity contribution is -0.126. The van der Waals surface area contributed by atoms with Crippen LogP contribution in [-0.4, -0.2) is 46.8 Å². The van der Waals surface area contributed by atoms with Crippen LogP contribution in [0.5, 0.6) is 0 Å².